The van der Waals surface area contributed by atoms with Crippen LogP contribution in [0, 0.1) is 0 Å². The molecule has 3 aromatic rings. The van der Waals surface area contributed by atoms with Crippen molar-refractivity contribution in [2.45, 2.75) is 26.3 Å². The normalized spacial score (nSPS) is 11.0. The van der Waals surface area contributed by atoms with Crippen molar-refractivity contribution >= 4 is 34.8 Å². The molecule has 1 aromatic carbocycles. The minimum Gasteiger partial charge on any atom is -0.334 e. The van der Waals surface area contributed by atoms with Gasteiger partial charge >= 0.3 is 0 Å². The molecule has 3 rings (SSSR count). The third kappa shape index (κ3) is 4.56. The number of hydrogen-bond acceptors (Lipinski definition) is 5. The molecule has 140 valence electrons. The maximum atomic E-state index is 12.3. The molecule has 2 heterocycles. The lowest BCUT2D eigenvalue weighted by Crippen LogP contribution is -2.26. The number of rotatable bonds is 5. The van der Waals surface area contributed by atoms with Crippen molar-refractivity contribution < 1.29 is 9.32 Å². The molecule has 0 saturated carbocycles. The zero-order valence-electron chi connectivity index (χ0n) is 14.6. The molecule has 0 saturated heterocycles. The molecule has 0 bridgehead atoms. The topological polar surface area (TPSA) is 90.0 Å². The van der Waals surface area contributed by atoms with Gasteiger partial charge in [-0.1, -0.05) is 42.2 Å². The molecule has 7 nitrogen and oxygen atoms in total. The molecular formula is C18H16Cl2N4O3. The van der Waals surface area contributed by atoms with Gasteiger partial charge in [-0.15, -0.1) is 0 Å². The minimum atomic E-state index is -0.410. The van der Waals surface area contributed by atoms with Gasteiger partial charge in [-0.05, 0) is 24.3 Å². The number of nitrogens with one attached hydrogen (secondary N) is 1. The van der Waals surface area contributed by atoms with Crippen LogP contribution < -0.4 is 10.9 Å². The minimum absolute atomic E-state index is 0.114. The predicted octanol–water partition coefficient (Wildman–Crippen LogP) is 3.97. The highest BCUT2D eigenvalue weighted by Gasteiger charge is 2.14. The van der Waals surface area contributed by atoms with E-state index in [0.29, 0.717) is 27.1 Å². The first-order valence-electron chi connectivity index (χ1n) is 8.13. The Balaban J connectivity index is 1.79. The summed E-state index contributed by atoms with van der Waals surface area (Å²) >= 11 is 11.9. The molecule has 0 atom stereocenters. The second-order valence-electron chi connectivity index (χ2n) is 6.17. The predicted molar refractivity (Wildman–Crippen MR) is 103 cm³/mol. The Labute approximate surface area is 164 Å². The van der Waals surface area contributed by atoms with Gasteiger partial charge < -0.3 is 14.4 Å². The number of nitrogens with zero attached hydrogens (tertiary/aromatic N) is 3. The summed E-state index contributed by atoms with van der Waals surface area (Å²) in [6, 6.07) is 7.64. The van der Waals surface area contributed by atoms with Gasteiger partial charge in [0, 0.05) is 23.2 Å². The molecule has 27 heavy (non-hydrogen) atoms. The Kier molecular flexibility index (Phi) is 5.62. The van der Waals surface area contributed by atoms with Crippen LogP contribution in [0.4, 0.5) is 5.69 Å². The quantitative estimate of drug-likeness (QED) is 0.691. The Hall–Kier alpha value is -2.64. The van der Waals surface area contributed by atoms with E-state index in [2.05, 4.69) is 15.5 Å². The van der Waals surface area contributed by atoms with Crippen LogP contribution in [-0.2, 0) is 11.3 Å². The Morgan fingerprint density at radius 2 is 2.04 bits per heavy atom. The molecule has 0 aliphatic carbocycles. The summed E-state index contributed by atoms with van der Waals surface area (Å²) in [7, 11) is 0. The summed E-state index contributed by atoms with van der Waals surface area (Å²) in [5, 5.41) is 7.32. The Morgan fingerprint density at radius 3 is 2.70 bits per heavy atom. The zero-order valence-corrected chi connectivity index (χ0v) is 16.1. The standard InChI is InChI=1S/C18H16Cl2N4O3/c1-10(2)17-22-18(27-23-17)11-3-6-16(26)24(8-11)9-15(25)21-14-5-4-12(19)7-13(14)20/h3-8,10H,9H2,1-2H3,(H,21,25). The maximum Gasteiger partial charge on any atom is 0.259 e. The van der Waals surface area contributed by atoms with E-state index in [9.17, 15) is 9.59 Å². The maximum absolute atomic E-state index is 12.3. The van der Waals surface area contributed by atoms with Crippen molar-refractivity contribution in [1.82, 2.24) is 14.7 Å². The largest absolute Gasteiger partial charge is 0.334 e. The molecule has 2 aromatic heterocycles. The van der Waals surface area contributed by atoms with Gasteiger partial charge in [0.15, 0.2) is 5.82 Å². The van der Waals surface area contributed by atoms with Gasteiger partial charge in [-0.25, -0.2) is 0 Å². The lowest BCUT2D eigenvalue weighted by Gasteiger charge is -2.09. The van der Waals surface area contributed by atoms with E-state index in [-0.39, 0.29) is 23.9 Å². The van der Waals surface area contributed by atoms with E-state index < -0.39 is 5.91 Å². The SMILES string of the molecule is CC(C)c1noc(-c2ccc(=O)n(CC(=O)Nc3ccc(Cl)cc3Cl)c2)n1. The number of benzene rings is 1. The summed E-state index contributed by atoms with van der Waals surface area (Å²) in [5.74, 6) is 0.557. The van der Waals surface area contributed by atoms with Gasteiger partial charge in [0.2, 0.25) is 5.91 Å². The molecule has 1 amide bonds. The first-order valence-corrected chi connectivity index (χ1v) is 8.88. The number of aromatic nitrogens is 3. The fraction of sp³-hybridized carbons (Fsp3) is 0.222. The number of anilines is 1. The number of pyridine rings is 1. The summed E-state index contributed by atoms with van der Waals surface area (Å²) in [5.41, 5.74) is 0.625. The highest BCUT2D eigenvalue weighted by atomic mass is 35.5. The van der Waals surface area contributed by atoms with Crippen LogP contribution in [-0.4, -0.2) is 20.6 Å². The summed E-state index contributed by atoms with van der Waals surface area (Å²) < 4.78 is 6.49. The molecule has 0 unspecified atom stereocenters. The van der Waals surface area contributed by atoms with Crippen molar-refractivity contribution in [1.29, 1.82) is 0 Å². The average molecular weight is 407 g/mol. The third-order valence-electron chi connectivity index (χ3n) is 3.71. The number of carbonyl (C=O) groups is 1. The van der Waals surface area contributed by atoms with Crippen LogP contribution in [0.2, 0.25) is 10.0 Å². The Bertz CT molecular complexity index is 1040. The first kappa shape index (κ1) is 19.1. The van der Waals surface area contributed by atoms with Crippen molar-refractivity contribution in [3.05, 3.63) is 62.8 Å². The third-order valence-corrected chi connectivity index (χ3v) is 4.26. The van der Waals surface area contributed by atoms with Crippen LogP contribution in [0.3, 0.4) is 0 Å². The van der Waals surface area contributed by atoms with Crippen LogP contribution in [0.25, 0.3) is 11.5 Å². The van der Waals surface area contributed by atoms with E-state index in [0.717, 1.165) is 0 Å². The fourth-order valence-electron chi connectivity index (χ4n) is 2.30. The summed E-state index contributed by atoms with van der Waals surface area (Å²) in [6.45, 7) is 3.69. The molecule has 1 N–H and O–H groups in total. The lowest BCUT2D eigenvalue weighted by atomic mass is 10.2. The van der Waals surface area contributed by atoms with Crippen molar-refractivity contribution in [2.24, 2.45) is 0 Å². The molecule has 0 fully saturated rings. The smallest absolute Gasteiger partial charge is 0.259 e. The molecule has 0 aliphatic heterocycles. The van der Waals surface area contributed by atoms with Gasteiger partial charge in [0.1, 0.15) is 6.54 Å². The lowest BCUT2D eigenvalue weighted by molar-refractivity contribution is -0.116. The van der Waals surface area contributed by atoms with Gasteiger partial charge in [-0.2, -0.15) is 4.98 Å². The number of carbonyl (C=O) groups excluding carboxylic acids is 1. The zero-order chi connectivity index (χ0) is 19.6. The second kappa shape index (κ2) is 7.94. The summed E-state index contributed by atoms with van der Waals surface area (Å²) in [4.78, 5) is 28.7. The molecule has 0 aliphatic rings. The second-order valence-corrected chi connectivity index (χ2v) is 7.01. The number of amides is 1. The Morgan fingerprint density at radius 1 is 1.26 bits per heavy atom. The molecule has 0 spiro atoms. The first-order chi connectivity index (χ1) is 12.8. The van der Waals surface area contributed by atoms with Crippen molar-refractivity contribution in [3.8, 4) is 11.5 Å². The monoisotopic (exact) mass is 406 g/mol. The molecule has 9 heteroatoms. The van der Waals surface area contributed by atoms with Crippen molar-refractivity contribution in [2.75, 3.05) is 5.32 Å². The van der Waals surface area contributed by atoms with Gasteiger partial charge in [0.25, 0.3) is 11.4 Å². The van der Waals surface area contributed by atoms with E-state index in [1.807, 2.05) is 13.8 Å². The molecule has 0 radical (unpaired) electrons. The van der Waals surface area contributed by atoms with Crippen LogP contribution in [0.1, 0.15) is 25.6 Å². The highest BCUT2D eigenvalue weighted by Crippen LogP contribution is 2.25. The van der Waals surface area contributed by atoms with Crippen LogP contribution >= 0.6 is 23.2 Å². The van der Waals surface area contributed by atoms with Gasteiger partial charge in [-0.3, -0.25) is 9.59 Å². The van der Waals surface area contributed by atoms with Crippen molar-refractivity contribution in [3.63, 3.8) is 0 Å². The molecular weight excluding hydrogens is 391 g/mol. The average Bonchev–Trinajstić information content (AvgIpc) is 3.10. The highest BCUT2D eigenvalue weighted by molar-refractivity contribution is 6.36. The van der Waals surface area contributed by atoms with E-state index >= 15 is 0 Å². The van der Waals surface area contributed by atoms with Gasteiger partial charge in [0.05, 0.1) is 16.3 Å². The van der Waals surface area contributed by atoms with E-state index in [1.165, 1.54) is 22.9 Å². The number of hydrogen-bond donors (Lipinski definition) is 1. The number of halogens is 2. The van der Waals surface area contributed by atoms with E-state index in [4.69, 9.17) is 27.7 Å². The van der Waals surface area contributed by atoms with Crippen LogP contribution in [0.15, 0.2) is 45.8 Å². The van der Waals surface area contributed by atoms with Crippen LogP contribution in [0.5, 0.6) is 0 Å². The summed E-state index contributed by atoms with van der Waals surface area (Å²) in [6.07, 6.45) is 1.50. The fourth-order valence-corrected chi connectivity index (χ4v) is 2.76. The van der Waals surface area contributed by atoms with E-state index in [1.54, 1.807) is 18.2 Å².